The van der Waals surface area contributed by atoms with E-state index in [9.17, 15) is 8.78 Å². The fourth-order valence-corrected chi connectivity index (χ4v) is 3.06. The van der Waals surface area contributed by atoms with E-state index < -0.39 is 6.43 Å². The minimum atomic E-state index is -2.38. The maximum atomic E-state index is 12.7. The number of thiophene rings is 1. The summed E-state index contributed by atoms with van der Waals surface area (Å²) in [6.45, 7) is 2.01. The molecular formula is C11H16F2N2S. The van der Waals surface area contributed by atoms with Gasteiger partial charge in [-0.2, -0.15) is 11.3 Å². The summed E-state index contributed by atoms with van der Waals surface area (Å²) in [5.41, 5.74) is 6.80. The van der Waals surface area contributed by atoms with Crippen LogP contribution in [0.5, 0.6) is 0 Å². The van der Waals surface area contributed by atoms with Gasteiger partial charge in [-0.1, -0.05) is 0 Å². The van der Waals surface area contributed by atoms with Crippen molar-refractivity contribution in [3.05, 3.63) is 21.9 Å². The van der Waals surface area contributed by atoms with Crippen LogP contribution in [0.25, 0.3) is 0 Å². The Kier molecular flexibility index (Phi) is 3.56. The SMILES string of the molecule is CC1NC(c2cscc2C(F)F)CCC1N. The van der Waals surface area contributed by atoms with E-state index in [1.54, 1.807) is 5.38 Å². The minimum absolute atomic E-state index is 0.0325. The van der Waals surface area contributed by atoms with E-state index in [1.165, 1.54) is 11.3 Å². The van der Waals surface area contributed by atoms with Crippen molar-refractivity contribution in [1.29, 1.82) is 0 Å². The van der Waals surface area contributed by atoms with Gasteiger partial charge in [0.2, 0.25) is 0 Å². The molecule has 2 nitrogen and oxygen atoms in total. The molecule has 0 saturated carbocycles. The van der Waals surface area contributed by atoms with Gasteiger partial charge in [0, 0.05) is 23.7 Å². The molecule has 0 amide bonds. The summed E-state index contributed by atoms with van der Waals surface area (Å²) in [5.74, 6) is 0. The van der Waals surface area contributed by atoms with E-state index in [-0.39, 0.29) is 23.7 Å². The summed E-state index contributed by atoms with van der Waals surface area (Å²) in [6.07, 6.45) is -0.659. The second kappa shape index (κ2) is 4.77. The van der Waals surface area contributed by atoms with Crippen molar-refractivity contribution >= 4 is 11.3 Å². The average Bonchev–Trinajstić information content (AvgIpc) is 2.71. The summed E-state index contributed by atoms with van der Waals surface area (Å²) in [5, 5.41) is 6.68. The van der Waals surface area contributed by atoms with Gasteiger partial charge in [-0.05, 0) is 36.1 Å². The number of hydrogen-bond acceptors (Lipinski definition) is 3. The van der Waals surface area contributed by atoms with Crippen LogP contribution in [-0.2, 0) is 0 Å². The van der Waals surface area contributed by atoms with Crippen LogP contribution < -0.4 is 11.1 Å². The molecule has 1 aliphatic heterocycles. The highest BCUT2D eigenvalue weighted by molar-refractivity contribution is 7.08. The highest BCUT2D eigenvalue weighted by atomic mass is 32.1. The van der Waals surface area contributed by atoms with Crippen LogP contribution in [0.3, 0.4) is 0 Å². The van der Waals surface area contributed by atoms with Crippen molar-refractivity contribution in [1.82, 2.24) is 5.32 Å². The van der Waals surface area contributed by atoms with Gasteiger partial charge in [-0.25, -0.2) is 8.78 Å². The van der Waals surface area contributed by atoms with Crippen LogP contribution in [0.15, 0.2) is 10.8 Å². The molecule has 2 rings (SSSR count). The topological polar surface area (TPSA) is 38.0 Å². The van der Waals surface area contributed by atoms with Crippen molar-refractivity contribution in [3.8, 4) is 0 Å². The standard InChI is InChI=1S/C11H16F2N2S/c1-6-9(14)2-3-10(15-6)7-4-16-5-8(7)11(12)13/h4-6,9-11,15H,2-3,14H2,1H3. The predicted molar refractivity (Wildman–Crippen MR) is 61.8 cm³/mol. The Morgan fingerprint density at radius 2 is 2.19 bits per heavy atom. The van der Waals surface area contributed by atoms with Crippen molar-refractivity contribution in [3.63, 3.8) is 0 Å². The Morgan fingerprint density at radius 3 is 2.81 bits per heavy atom. The quantitative estimate of drug-likeness (QED) is 0.842. The molecule has 1 aromatic rings. The Balaban J connectivity index is 2.15. The lowest BCUT2D eigenvalue weighted by atomic mass is 9.91. The molecule has 0 aromatic carbocycles. The van der Waals surface area contributed by atoms with Crippen LogP contribution in [0.2, 0.25) is 0 Å². The maximum absolute atomic E-state index is 12.7. The van der Waals surface area contributed by atoms with Gasteiger partial charge in [0.25, 0.3) is 6.43 Å². The molecule has 0 aliphatic carbocycles. The van der Waals surface area contributed by atoms with Gasteiger partial charge in [0.15, 0.2) is 0 Å². The Labute approximate surface area is 97.8 Å². The number of alkyl halides is 2. The maximum Gasteiger partial charge on any atom is 0.264 e. The summed E-state index contributed by atoms with van der Waals surface area (Å²) in [7, 11) is 0. The first-order valence-corrected chi connectivity index (χ1v) is 6.39. The van der Waals surface area contributed by atoms with E-state index >= 15 is 0 Å². The Morgan fingerprint density at radius 1 is 1.44 bits per heavy atom. The molecule has 3 unspecified atom stereocenters. The fraction of sp³-hybridized carbons (Fsp3) is 0.636. The first kappa shape index (κ1) is 12.0. The predicted octanol–water partition coefficient (Wildman–Crippen LogP) is 2.83. The number of halogens is 2. The smallest absolute Gasteiger partial charge is 0.264 e. The van der Waals surface area contributed by atoms with Gasteiger partial charge >= 0.3 is 0 Å². The third kappa shape index (κ3) is 2.26. The normalized spacial score (nSPS) is 30.9. The second-order valence-electron chi connectivity index (χ2n) is 4.33. The van der Waals surface area contributed by atoms with Gasteiger partial charge < -0.3 is 11.1 Å². The lowest BCUT2D eigenvalue weighted by Crippen LogP contribution is -2.48. The zero-order chi connectivity index (χ0) is 11.7. The first-order chi connectivity index (χ1) is 7.59. The summed E-state index contributed by atoms with van der Waals surface area (Å²) in [4.78, 5) is 0. The lowest BCUT2D eigenvalue weighted by Gasteiger charge is -2.33. The molecular weight excluding hydrogens is 230 g/mol. The molecule has 1 saturated heterocycles. The highest BCUT2D eigenvalue weighted by Gasteiger charge is 2.28. The molecule has 1 aliphatic rings. The van der Waals surface area contributed by atoms with E-state index in [2.05, 4.69) is 5.32 Å². The van der Waals surface area contributed by atoms with Crippen molar-refractivity contribution < 1.29 is 8.78 Å². The molecule has 1 fully saturated rings. The molecule has 16 heavy (non-hydrogen) atoms. The first-order valence-electron chi connectivity index (χ1n) is 5.45. The molecule has 5 heteroatoms. The van der Waals surface area contributed by atoms with Crippen molar-refractivity contribution in [2.24, 2.45) is 5.73 Å². The molecule has 0 bridgehead atoms. The van der Waals surface area contributed by atoms with E-state index in [0.29, 0.717) is 0 Å². The molecule has 3 N–H and O–H groups in total. The molecule has 2 heterocycles. The summed E-state index contributed by atoms with van der Waals surface area (Å²) < 4.78 is 25.5. The zero-order valence-corrected chi connectivity index (χ0v) is 9.94. The van der Waals surface area contributed by atoms with Gasteiger partial charge in [0.05, 0.1) is 0 Å². The van der Waals surface area contributed by atoms with Gasteiger partial charge in [-0.15, -0.1) is 0 Å². The fourth-order valence-electron chi connectivity index (χ4n) is 2.16. The number of nitrogens with one attached hydrogen (secondary N) is 1. The van der Waals surface area contributed by atoms with Crippen LogP contribution in [-0.4, -0.2) is 12.1 Å². The zero-order valence-electron chi connectivity index (χ0n) is 9.12. The van der Waals surface area contributed by atoms with Crippen LogP contribution in [0, 0.1) is 0 Å². The molecule has 90 valence electrons. The monoisotopic (exact) mass is 246 g/mol. The molecule has 3 atom stereocenters. The highest BCUT2D eigenvalue weighted by Crippen LogP contribution is 2.34. The van der Waals surface area contributed by atoms with Crippen molar-refractivity contribution in [2.45, 2.75) is 44.3 Å². The number of piperidine rings is 1. The largest absolute Gasteiger partial charge is 0.326 e. The van der Waals surface area contributed by atoms with E-state index in [0.717, 1.165) is 18.4 Å². The minimum Gasteiger partial charge on any atom is -0.326 e. The number of nitrogens with two attached hydrogens (primary N) is 1. The van der Waals surface area contributed by atoms with Crippen LogP contribution in [0.4, 0.5) is 8.78 Å². The number of hydrogen-bond donors (Lipinski definition) is 2. The second-order valence-corrected chi connectivity index (χ2v) is 5.08. The van der Waals surface area contributed by atoms with Crippen LogP contribution >= 0.6 is 11.3 Å². The van der Waals surface area contributed by atoms with Crippen molar-refractivity contribution in [2.75, 3.05) is 0 Å². The van der Waals surface area contributed by atoms with Gasteiger partial charge in [-0.3, -0.25) is 0 Å². The molecule has 0 spiro atoms. The Hall–Kier alpha value is -0.520. The third-order valence-corrected chi connectivity index (χ3v) is 4.01. The number of rotatable bonds is 2. The van der Waals surface area contributed by atoms with E-state index in [1.807, 2.05) is 12.3 Å². The third-order valence-electron chi connectivity index (χ3n) is 3.23. The lowest BCUT2D eigenvalue weighted by molar-refractivity contribution is 0.149. The van der Waals surface area contributed by atoms with E-state index in [4.69, 9.17) is 5.73 Å². The van der Waals surface area contributed by atoms with Crippen LogP contribution in [0.1, 0.15) is 43.4 Å². The Bertz CT molecular complexity index is 354. The molecule has 1 aromatic heterocycles. The average molecular weight is 246 g/mol. The molecule has 0 radical (unpaired) electrons. The van der Waals surface area contributed by atoms with Gasteiger partial charge in [0.1, 0.15) is 0 Å². The summed E-state index contributed by atoms with van der Waals surface area (Å²) >= 11 is 1.34. The summed E-state index contributed by atoms with van der Waals surface area (Å²) in [6, 6.07) is 0.346.